The van der Waals surface area contributed by atoms with Gasteiger partial charge in [0.25, 0.3) is 11.5 Å². The van der Waals surface area contributed by atoms with Gasteiger partial charge in [0.15, 0.2) is 0 Å². The Morgan fingerprint density at radius 2 is 2.17 bits per heavy atom. The van der Waals surface area contributed by atoms with Crippen molar-refractivity contribution >= 4 is 5.91 Å². The summed E-state index contributed by atoms with van der Waals surface area (Å²) in [5, 5.41) is 3.96. The van der Waals surface area contributed by atoms with Crippen molar-refractivity contribution in [3.63, 3.8) is 0 Å². The van der Waals surface area contributed by atoms with Crippen molar-refractivity contribution in [3.8, 4) is 0 Å². The first-order chi connectivity index (χ1) is 11.0. The molecule has 1 amide bonds. The number of aromatic amines is 1. The van der Waals surface area contributed by atoms with Crippen LogP contribution in [0.2, 0.25) is 0 Å². The zero-order chi connectivity index (χ0) is 16.4. The first kappa shape index (κ1) is 15.5. The molecule has 1 aliphatic heterocycles. The summed E-state index contributed by atoms with van der Waals surface area (Å²) in [6.45, 7) is 5.17. The average Bonchev–Trinajstić information content (AvgIpc) is 2.84. The van der Waals surface area contributed by atoms with Gasteiger partial charge in [-0.2, -0.15) is 0 Å². The van der Waals surface area contributed by atoms with Crippen LogP contribution < -0.4 is 5.56 Å². The predicted molar refractivity (Wildman–Crippen MR) is 83.2 cm³/mol. The molecule has 3 rings (SSSR count). The molecule has 0 spiro atoms. The van der Waals surface area contributed by atoms with Crippen LogP contribution in [0, 0.1) is 5.92 Å². The van der Waals surface area contributed by atoms with Gasteiger partial charge in [-0.05, 0) is 18.8 Å². The SMILES string of the molecule is CC(C)Cc1cc(C(=O)N2CCc3nc[nH]c(=O)c3CC2)on1. The molecule has 0 aromatic carbocycles. The third kappa shape index (κ3) is 3.33. The van der Waals surface area contributed by atoms with Crippen molar-refractivity contribution in [1.82, 2.24) is 20.0 Å². The molecule has 0 aliphatic carbocycles. The Morgan fingerprint density at radius 3 is 2.96 bits per heavy atom. The van der Waals surface area contributed by atoms with E-state index in [0.717, 1.165) is 17.8 Å². The van der Waals surface area contributed by atoms with Crippen LogP contribution in [0.5, 0.6) is 0 Å². The lowest BCUT2D eigenvalue weighted by atomic mass is 10.1. The van der Waals surface area contributed by atoms with Crippen molar-refractivity contribution in [3.05, 3.63) is 45.5 Å². The molecular formula is C16H20N4O3. The summed E-state index contributed by atoms with van der Waals surface area (Å²) < 4.78 is 5.20. The van der Waals surface area contributed by atoms with Crippen LogP contribution in [0.25, 0.3) is 0 Å². The van der Waals surface area contributed by atoms with Gasteiger partial charge in [-0.1, -0.05) is 19.0 Å². The molecule has 3 heterocycles. The number of rotatable bonds is 3. The second-order valence-electron chi connectivity index (χ2n) is 6.23. The normalized spacial score (nSPS) is 14.7. The molecule has 0 radical (unpaired) electrons. The highest BCUT2D eigenvalue weighted by Crippen LogP contribution is 2.15. The zero-order valence-electron chi connectivity index (χ0n) is 13.3. The van der Waals surface area contributed by atoms with Gasteiger partial charge in [-0.15, -0.1) is 0 Å². The summed E-state index contributed by atoms with van der Waals surface area (Å²) >= 11 is 0. The first-order valence-electron chi connectivity index (χ1n) is 7.85. The molecule has 7 nitrogen and oxygen atoms in total. The topological polar surface area (TPSA) is 92.1 Å². The van der Waals surface area contributed by atoms with Crippen LogP contribution >= 0.6 is 0 Å². The summed E-state index contributed by atoms with van der Waals surface area (Å²) in [5.74, 6) is 0.527. The molecule has 0 saturated carbocycles. The first-order valence-corrected chi connectivity index (χ1v) is 7.85. The van der Waals surface area contributed by atoms with Gasteiger partial charge in [0.05, 0.1) is 17.7 Å². The molecular weight excluding hydrogens is 296 g/mol. The fourth-order valence-corrected chi connectivity index (χ4v) is 2.82. The van der Waals surface area contributed by atoms with Crippen LogP contribution in [0.1, 0.15) is 41.4 Å². The molecule has 23 heavy (non-hydrogen) atoms. The molecule has 0 unspecified atom stereocenters. The van der Waals surface area contributed by atoms with Crippen molar-refractivity contribution in [1.29, 1.82) is 0 Å². The van der Waals surface area contributed by atoms with E-state index in [2.05, 4.69) is 29.0 Å². The van der Waals surface area contributed by atoms with E-state index in [1.165, 1.54) is 6.33 Å². The highest BCUT2D eigenvalue weighted by atomic mass is 16.5. The van der Waals surface area contributed by atoms with Crippen molar-refractivity contribution < 1.29 is 9.32 Å². The second-order valence-corrected chi connectivity index (χ2v) is 6.23. The third-order valence-electron chi connectivity index (χ3n) is 3.96. The summed E-state index contributed by atoms with van der Waals surface area (Å²) in [7, 11) is 0. The largest absolute Gasteiger partial charge is 0.351 e. The van der Waals surface area contributed by atoms with Gasteiger partial charge in [-0.25, -0.2) is 4.98 Å². The Balaban J connectivity index is 1.73. The summed E-state index contributed by atoms with van der Waals surface area (Å²) in [6, 6.07) is 1.71. The number of carbonyl (C=O) groups excluding carboxylic acids is 1. The van der Waals surface area contributed by atoms with Crippen LogP contribution in [-0.2, 0) is 19.3 Å². The fourth-order valence-electron chi connectivity index (χ4n) is 2.82. The lowest BCUT2D eigenvalue weighted by molar-refractivity contribution is 0.0721. The Bertz CT molecular complexity index is 763. The summed E-state index contributed by atoms with van der Waals surface area (Å²) in [4.78, 5) is 32.9. The number of carbonyl (C=O) groups is 1. The number of hydrogen-bond acceptors (Lipinski definition) is 5. The van der Waals surface area contributed by atoms with E-state index in [1.807, 2.05) is 0 Å². The Hall–Kier alpha value is -2.44. The molecule has 0 fully saturated rings. The lowest BCUT2D eigenvalue weighted by Gasteiger charge is -2.18. The van der Waals surface area contributed by atoms with E-state index in [9.17, 15) is 9.59 Å². The highest BCUT2D eigenvalue weighted by Gasteiger charge is 2.24. The maximum absolute atomic E-state index is 12.6. The van der Waals surface area contributed by atoms with Crippen LogP contribution in [0.3, 0.4) is 0 Å². The Kier molecular flexibility index (Phi) is 4.27. The van der Waals surface area contributed by atoms with Gasteiger partial charge in [0.1, 0.15) is 0 Å². The van der Waals surface area contributed by atoms with Gasteiger partial charge < -0.3 is 14.4 Å². The van der Waals surface area contributed by atoms with E-state index in [-0.39, 0.29) is 17.2 Å². The average molecular weight is 316 g/mol. The minimum absolute atomic E-state index is 0.122. The molecule has 1 N–H and O–H groups in total. The second kappa shape index (κ2) is 6.36. The molecule has 1 aliphatic rings. The molecule has 0 atom stereocenters. The number of nitrogens with zero attached hydrogens (tertiary/aromatic N) is 3. The van der Waals surface area contributed by atoms with E-state index in [4.69, 9.17) is 4.52 Å². The van der Waals surface area contributed by atoms with E-state index in [0.29, 0.717) is 37.4 Å². The molecule has 122 valence electrons. The Labute approximate surface area is 133 Å². The van der Waals surface area contributed by atoms with E-state index >= 15 is 0 Å². The van der Waals surface area contributed by atoms with Gasteiger partial charge in [0, 0.05) is 31.1 Å². The molecule has 2 aromatic heterocycles. The van der Waals surface area contributed by atoms with Crippen molar-refractivity contribution in [2.45, 2.75) is 33.1 Å². The smallest absolute Gasteiger partial charge is 0.292 e. The summed E-state index contributed by atoms with van der Waals surface area (Å²) in [6.07, 6.45) is 3.25. The predicted octanol–water partition coefficient (Wildman–Crippen LogP) is 1.20. The number of amides is 1. The number of aromatic nitrogens is 3. The van der Waals surface area contributed by atoms with Crippen LogP contribution in [0.4, 0.5) is 0 Å². The zero-order valence-corrected chi connectivity index (χ0v) is 13.3. The fraction of sp³-hybridized carbons (Fsp3) is 0.500. The summed E-state index contributed by atoms with van der Waals surface area (Å²) in [5.41, 5.74) is 2.10. The number of nitrogens with one attached hydrogen (secondary N) is 1. The standard InChI is InChI=1S/C16H20N4O3/c1-10(2)7-11-8-14(23-19-11)16(22)20-5-3-12-13(4-6-20)17-9-18-15(12)21/h8-10H,3-7H2,1-2H3,(H,17,18,21). The molecule has 0 bridgehead atoms. The Morgan fingerprint density at radius 1 is 1.39 bits per heavy atom. The molecule has 2 aromatic rings. The maximum Gasteiger partial charge on any atom is 0.292 e. The van der Waals surface area contributed by atoms with Crippen molar-refractivity contribution in [2.24, 2.45) is 5.92 Å². The minimum Gasteiger partial charge on any atom is -0.351 e. The molecule has 7 heteroatoms. The number of H-pyrrole nitrogens is 1. The van der Waals surface area contributed by atoms with Gasteiger partial charge in [0.2, 0.25) is 5.76 Å². The number of fused-ring (bicyclic) bond motifs is 1. The monoisotopic (exact) mass is 316 g/mol. The maximum atomic E-state index is 12.6. The highest BCUT2D eigenvalue weighted by molar-refractivity contribution is 5.91. The third-order valence-corrected chi connectivity index (χ3v) is 3.96. The lowest BCUT2D eigenvalue weighted by Crippen LogP contribution is -2.33. The van der Waals surface area contributed by atoms with Gasteiger partial charge in [-0.3, -0.25) is 9.59 Å². The van der Waals surface area contributed by atoms with Crippen molar-refractivity contribution in [2.75, 3.05) is 13.1 Å². The quantitative estimate of drug-likeness (QED) is 0.918. The van der Waals surface area contributed by atoms with E-state index < -0.39 is 0 Å². The number of hydrogen-bond donors (Lipinski definition) is 1. The minimum atomic E-state index is -0.184. The van der Waals surface area contributed by atoms with Gasteiger partial charge >= 0.3 is 0 Å². The van der Waals surface area contributed by atoms with Crippen LogP contribution in [0.15, 0.2) is 21.7 Å². The van der Waals surface area contributed by atoms with Crippen LogP contribution in [-0.4, -0.2) is 39.0 Å². The van der Waals surface area contributed by atoms with E-state index in [1.54, 1.807) is 11.0 Å². The molecule has 0 saturated heterocycles.